The summed E-state index contributed by atoms with van der Waals surface area (Å²) in [5.74, 6) is 0. The van der Waals surface area contributed by atoms with Crippen molar-refractivity contribution in [1.29, 1.82) is 0 Å². The fourth-order valence-corrected chi connectivity index (χ4v) is 1.33. The molecule has 16 heavy (non-hydrogen) atoms. The van der Waals surface area contributed by atoms with Crippen LogP contribution in [0.15, 0.2) is 0 Å². The van der Waals surface area contributed by atoms with Gasteiger partial charge in [-0.25, -0.2) is 9.11 Å². The molecule has 0 aliphatic heterocycles. The summed E-state index contributed by atoms with van der Waals surface area (Å²) in [5.41, 5.74) is 0. The van der Waals surface area contributed by atoms with Crippen molar-refractivity contribution < 1.29 is 33.1 Å². The monoisotopic (exact) mass is 277 g/mol. The van der Waals surface area contributed by atoms with Crippen molar-refractivity contribution in [1.82, 2.24) is 4.90 Å². The van der Waals surface area contributed by atoms with Gasteiger partial charge in [-0.1, -0.05) is 6.92 Å². The summed E-state index contributed by atoms with van der Waals surface area (Å²) in [5, 5.41) is 8.43. The summed E-state index contributed by atoms with van der Waals surface area (Å²) in [7, 11) is -6.40. The molecule has 0 radical (unpaired) electrons. The van der Waals surface area contributed by atoms with Gasteiger partial charge in [0.15, 0.2) is 0 Å². The molecule has 0 aliphatic rings. The molecule has 0 aromatic heterocycles. The third-order valence-electron chi connectivity index (χ3n) is 1.32. The number of hydrogen-bond donors (Lipinski definition) is 3. The Kier molecular flexibility index (Phi) is 12.5. The lowest BCUT2D eigenvalue weighted by atomic mass is 10.4. The SMILES string of the molecule is CCCN(CC)C(=O)O.O=[PH](O)O[PH](=O)O. The number of carboxylic acid groups (broad SMARTS) is 1. The molecular weight excluding hydrogens is 260 g/mol. The Morgan fingerprint density at radius 1 is 1.25 bits per heavy atom. The minimum absolute atomic E-state index is 0.586. The molecule has 0 bridgehead atoms. The van der Waals surface area contributed by atoms with Gasteiger partial charge >= 0.3 is 22.6 Å². The zero-order valence-corrected chi connectivity index (χ0v) is 11.0. The molecule has 98 valence electrons. The highest BCUT2D eigenvalue weighted by molar-refractivity contribution is 7.46. The van der Waals surface area contributed by atoms with E-state index in [1.165, 1.54) is 4.90 Å². The number of hydrogen-bond acceptors (Lipinski definition) is 4. The second kappa shape index (κ2) is 11.1. The molecule has 0 spiro atoms. The van der Waals surface area contributed by atoms with E-state index in [-0.39, 0.29) is 0 Å². The molecule has 0 fully saturated rings. The van der Waals surface area contributed by atoms with E-state index in [4.69, 9.17) is 14.9 Å². The molecule has 0 rings (SSSR count). The first-order valence-electron chi connectivity index (χ1n) is 4.46. The van der Waals surface area contributed by atoms with Crippen LogP contribution in [0.25, 0.3) is 0 Å². The highest BCUT2D eigenvalue weighted by Crippen LogP contribution is 2.30. The average Bonchev–Trinajstić information content (AvgIpc) is 2.12. The van der Waals surface area contributed by atoms with Gasteiger partial charge in [-0.05, 0) is 13.3 Å². The van der Waals surface area contributed by atoms with Gasteiger partial charge in [0, 0.05) is 13.1 Å². The first kappa shape index (κ1) is 18.0. The number of carbonyl (C=O) groups is 1. The quantitative estimate of drug-likeness (QED) is 0.644. The van der Waals surface area contributed by atoms with Crippen LogP contribution in [0.1, 0.15) is 20.3 Å². The topological polar surface area (TPSA) is 124 Å². The minimum atomic E-state index is -3.20. The van der Waals surface area contributed by atoms with Crippen LogP contribution in [0.4, 0.5) is 4.79 Å². The van der Waals surface area contributed by atoms with Crippen LogP contribution in [-0.2, 0) is 13.4 Å². The Labute approximate surface area is 94.7 Å². The van der Waals surface area contributed by atoms with E-state index in [1.54, 1.807) is 0 Å². The van der Waals surface area contributed by atoms with Crippen molar-refractivity contribution in [2.24, 2.45) is 0 Å². The first-order valence-corrected chi connectivity index (χ1v) is 6.99. The Balaban J connectivity index is 0. The summed E-state index contributed by atoms with van der Waals surface area (Å²) in [6.07, 6.45) is 0.0690. The summed E-state index contributed by atoms with van der Waals surface area (Å²) < 4.78 is 22.3. The van der Waals surface area contributed by atoms with Crippen LogP contribution in [0.2, 0.25) is 0 Å². The molecule has 0 saturated carbocycles. The summed E-state index contributed by atoms with van der Waals surface area (Å²) in [6, 6.07) is 0. The largest absolute Gasteiger partial charge is 0.465 e. The number of amides is 1. The molecule has 3 N–H and O–H groups in total. The van der Waals surface area contributed by atoms with Crippen molar-refractivity contribution in [3.05, 3.63) is 0 Å². The zero-order valence-electron chi connectivity index (χ0n) is 9.04. The van der Waals surface area contributed by atoms with Crippen molar-refractivity contribution in [3.8, 4) is 0 Å². The Hall–Kier alpha value is -0.390. The molecule has 0 aromatic carbocycles. The first-order chi connectivity index (χ1) is 7.34. The highest BCUT2D eigenvalue weighted by Gasteiger charge is 2.05. The van der Waals surface area contributed by atoms with Gasteiger partial charge < -0.3 is 19.8 Å². The predicted molar refractivity (Wildman–Crippen MR) is 59.1 cm³/mol. The third kappa shape index (κ3) is 13.6. The molecule has 2 unspecified atom stereocenters. The van der Waals surface area contributed by atoms with E-state index < -0.39 is 22.6 Å². The van der Waals surface area contributed by atoms with Gasteiger partial charge in [-0.2, -0.15) is 0 Å². The van der Waals surface area contributed by atoms with Crippen molar-refractivity contribution in [2.45, 2.75) is 20.3 Å². The van der Waals surface area contributed by atoms with E-state index in [1.807, 2.05) is 13.8 Å². The van der Waals surface area contributed by atoms with Crippen LogP contribution in [0, 0.1) is 0 Å². The second-order valence-corrected chi connectivity index (χ2v) is 4.38. The maximum Gasteiger partial charge on any atom is 0.407 e. The Morgan fingerprint density at radius 3 is 1.75 bits per heavy atom. The molecule has 0 aromatic rings. The van der Waals surface area contributed by atoms with Gasteiger partial charge in [0.05, 0.1) is 0 Å². The lowest BCUT2D eigenvalue weighted by Crippen LogP contribution is -2.29. The number of rotatable bonds is 5. The van der Waals surface area contributed by atoms with E-state index in [0.29, 0.717) is 13.1 Å². The Bertz CT molecular complexity index is 235. The van der Waals surface area contributed by atoms with Gasteiger partial charge in [0.25, 0.3) is 0 Å². The summed E-state index contributed by atoms with van der Waals surface area (Å²) in [6.45, 7) is 5.03. The zero-order chi connectivity index (χ0) is 13.1. The molecule has 0 aliphatic carbocycles. The molecule has 0 heterocycles. The van der Waals surface area contributed by atoms with Gasteiger partial charge in [-0.15, -0.1) is 0 Å². The predicted octanol–water partition coefficient (Wildman–Crippen LogP) is 1.16. The van der Waals surface area contributed by atoms with Crippen LogP contribution in [-0.4, -0.2) is 39.0 Å². The normalized spacial score (nSPS) is 13.2. The van der Waals surface area contributed by atoms with Crippen molar-refractivity contribution in [2.75, 3.05) is 13.1 Å². The van der Waals surface area contributed by atoms with Crippen LogP contribution < -0.4 is 0 Å². The molecule has 8 nitrogen and oxygen atoms in total. The second-order valence-electron chi connectivity index (χ2n) is 2.50. The van der Waals surface area contributed by atoms with E-state index in [2.05, 4.69) is 4.31 Å². The van der Waals surface area contributed by atoms with Crippen molar-refractivity contribution >= 4 is 22.6 Å². The maximum absolute atomic E-state index is 10.2. The minimum Gasteiger partial charge on any atom is -0.465 e. The van der Waals surface area contributed by atoms with E-state index in [9.17, 15) is 13.9 Å². The lowest BCUT2D eigenvalue weighted by molar-refractivity contribution is 0.148. The van der Waals surface area contributed by atoms with Gasteiger partial charge in [0.1, 0.15) is 0 Å². The smallest absolute Gasteiger partial charge is 0.407 e. The van der Waals surface area contributed by atoms with Gasteiger partial charge in [-0.3, -0.25) is 9.13 Å². The van der Waals surface area contributed by atoms with Crippen molar-refractivity contribution in [3.63, 3.8) is 0 Å². The molecule has 10 heteroatoms. The molecule has 1 amide bonds. The summed E-state index contributed by atoms with van der Waals surface area (Å²) in [4.78, 5) is 27.1. The maximum atomic E-state index is 10.2. The average molecular weight is 277 g/mol. The molecular formula is C6H17NO7P2. The van der Waals surface area contributed by atoms with Gasteiger partial charge in [0.2, 0.25) is 0 Å². The standard InChI is InChI=1S/C6H13NO2.H4O5P2/c1-3-5-7(4-2)6(8)9;1-6(2)5-7(3)4/h3-5H2,1-2H3,(H,8,9);6-7H,(H,1,2)(H,3,4). The fraction of sp³-hybridized carbons (Fsp3) is 0.833. The lowest BCUT2D eigenvalue weighted by Gasteiger charge is -2.14. The third-order valence-corrected chi connectivity index (χ3v) is 2.72. The van der Waals surface area contributed by atoms with E-state index in [0.717, 1.165) is 6.42 Å². The van der Waals surface area contributed by atoms with Crippen LogP contribution in [0.5, 0.6) is 0 Å². The molecule has 0 saturated heterocycles. The van der Waals surface area contributed by atoms with Crippen LogP contribution >= 0.6 is 16.5 Å². The fourth-order valence-electron chi connectivity index (χ4n) is 0.734. The van der Waals surface area contributed by atoms with E-state index >= 15 is 0 Å². The summed E-state index contributed by atoms with van der Waals surface area (Å²) >= 11 is 0. The Morgan fingerprint density at radius 2 is 1.69 bits per heavy atom. The number of nitrogens with zero attached hydrogens (tertiary/aromatic N) is 1. The molecule has 2 atom stereocenters. The highest BCUT2D eigenvalue weighted by atomic mass is 31.2. The van der Waals surface area contributed by atoms with Crippen LogP contribution in [0.3, 0.4) is 0 Å².